The van der Waals surface area contributed by atoms with E-state index in [4.69, 9.17) is 5.11 Å². The Morgan fingerprint density at radius 2 is 1.96 bits per heavy atom. The number of aliphatic carboxylic acids is 1. The van der Waals surface area contributed by atoms with Gasteiger partial charge >= 0.3 is 5.97 Å². The number of rotatable bonds is 9. The number of hydrogen-bond acceptors (Lipinski definition) is 3. The van der Waals surface area contributed by atoms with E-state index in [1.807, 2.05) is 19.1 Å². The molecule has 0 bridgehead atoms. The Balaban J connectivity index is 1.94. The number of alkyl halides is 1. The van der Waals surface area contributed by atoms with Crippen LogP contribution in [0.4, 0.5) is 4.39 Å². The maximum absolute atomic E-state index is 14.2. The summed E-state index contributed by atoms with van der Waals surface area (Å²) in [6.45, 7) is 1.88. The number of carboxylic acids is 1. The van der Waals surface area contributed by atoms with Crippen LogP contribution in [-0.4, -0.2) is 31.7 Å². The largest absolute Gasteiger partial charge is 0.481 e. The minimum Gasteiger partial charge on any atom is -0.481 e. The highest BCUT2D eigenvalue weighted by Gasteiger charge is 2.37. The van der Waals surface area contributed by atoms with Crippen LogP contribution < -0.4 is 4.72 Å². The molecule has 26 heavy (non-hydrogen) atoms. The van der Waals surface area contributed by atoms with E-state index >= 15 is 0 Å². The molecule has 7 heteroatoms. The van der Waals surface area contributed by atoms with Crippen molar-refractivity contribution in [3.8, 4) is 0 Å². The third-order valence-electron chi connectivity index (χ3n) is 4.71. The molecular weight excluding hydrogens is 357 g/mol. The van der Waals surface area contributed by atoms with Crippen LogP contribution in [0.3, 0.4) is 0 Å². The first-order valence-corrected chi connectivity index (χ1v) is 10.4. The maximum atomic E-state index is 14.2. The van der Waals surface area contributed by atoms with Gasteiger partial charge in [0.25, 0.3) is 0 Å². The van der Waals surface area contributed by atoms with Crippen molar-refractivity contribution in [2.45, 2.75) is 62.6 Å². The van der Waals surface area contributed by atoms with Gasteiger partial charge in [-0.15, -0.1) is 0 Å². The molecule has 5 nitrogen and oxygen atoms in total. The summed E-state index contributed by atoms with van der Waals surface area (Å²) >= 11 is 0. The van der Waals surface area contributed by atoms with Crippen LogP contribution in [0.15, 0.2) is 41.3 Å². The van der Waals surface area contributed by atoms with Crippen LogP contribution in [0.1, 0.15) is 44.1 Å². The average molecular weight is 383 g/mol. The van der Waals surface area contributed by atoms with Gasteiger partial charge in [0.2, 0.25) is 10.0 Å². The Bertz CT molecular complexity index is 730. The highest BCUT2D eigenvalue weighted by molar-refractivity contribution is 7.89. The Morgan fingerprint density at radius 3 is 2.62 bits per heavy atom. The number of allylic oxidation sites excluding steroid dienone is 2. The number of hydrogen-bond donors (Lipinski definition) is 2. The zero-order valence-electron chi connectivity index (χ0n) is 14.9. The molecule has 1 saturated carbocycles. The molecular formula is C19H26FNO4S. The topological polar surface area (TPSA) is 83.5 Å². The summed E-state index contributed by atoms with van der Waals surface area (Å²) in [5.41, 5.74) is 0.972. The van der Waals surface area contributed by atoms with Crippen LogP contribution >= 0.6 is 0 Å². The quantitative estimate of drug-likeness (QED) is 0.504. The van der Waals surface area contributed by atoms with Crippen LogP contribution in [0.5, 0.6) is 0 Å². The van der Waals surface area contributed by atoms with E-state index in [1.165, 1.54) is 0 Å². The summed E-state index contributed by atoms with van der Waals surface area (Å²) < 4.78 is 41.9. The molecule has 0 radical (unpaired) electrons. The van der Waals surface area contributed by atoms with E-state index < -0.39 is 34.1 Å². The Hall–Kier alpha value is -1.73. The van der Waals surface area contributed by atoms with Gasteiger partial charge < -0.3 is 5.11 Å². The molecule has 0 spiro atoms. The second-order valence-electron chi connectivity index (χ2n) is 6.79. The van der Waals surface area contributed by atoms with Crippen LogP contribution in [0.2, 0.25) is 0 Å². The fourth-order valence-electron chi connectivity index (χ4n) is 3.20. The molecule has 3 atom stereocenters. The zero-order chi connectivity index (χ0) is 19.2. The standard InChI is InChI=1S/C19H26FNO4S/c1-14-8-10-15(11-9-14)26(24,25)21-18-13-12-17(20)16(18)6-4-2-3-5-7-19(22)23/h2,4,8-11,16-18,21H,3,5-7,12-13H2,1H3,(H,22,23)/b4-2-/t16-,17-,18-/m0/s1. The van der Waals surface area contributed by atoms with Crippen LogP contribution in [0.25, 0.3) is 0 Å². The second-order valence-corrected chi connectivity index (χ2v) is 8.51. The van der Waals surface area contributed by atoms with Crippen molar-refractivity contribution >= 4 is 16.0 Å². The van der Waals surface area contributed by atoms with Gasteiger partial charge in [-0.25, -0.2) is 17.5 Å². The Labute approximate surface area is 154 Å². The summed E-state index contributed by atoms with van der Waals surface area (Å²) in [6, 6.07) is 6.14. The number of benzene rings is 1. The highest BCUT2D eigenvalue weighted by atomic mass is 32.2. The molecule has 1 aromatic carbocycles. The number of carbonyl (C=O) groups is 1. The molecule has 2 N–H and O–H groups in total. The van der Waals surface area contributed by atoms with Crippen LogP contribution in [0, 0.1) is 12.8 Å². The van der Waals surface area contributed by atoms with Crippen molar-refractivity contribution < 1.29 is 22.7 Å². The molecule has 0 amide bonds. The van der Waals surface area contributed by atoms with Crippen LogP contribution in [-0.2, 0) is 14.8 Å². The van der Waals surface area contributed by atoms with Crippen molar-refractivity contribution in [3.05, 3.63) is 42.0 Å². The lowest BCUT2D eigenvalue weighted by Crippen LogP contribution is -2.38. The molecule has 1 aliphatic rings. The van der Waals surface area contributed by atoms with Crippen molar-refractivity contribution in [1.29, 1.82) is 0 Å². The van der Waals surface area contributed by atoms with Gasteiger partial charge in [-0.3, -0.25) is 4.79 Å². The zero-order valence-corrected chi connectivity index (χ0v) is 15.7. The normalized spacial score (nSPS) is 23.5. The lowest BCUT2D eigenvalue weighted by molar-refractivity contribution is -0.137. The number of sulfonamides is 1. The van der Waals surface area contributed by atoms with Crippen molar-refractivity contribution in [2.75, 3.05) is 0 Å². The van der Waals surface area contributed by atoms with E-state index in [2.05, 4.69) is 4.72 Å². The third kappa shape index (κ3) is 5.92. The maximum Gasteiger partial charge on any atom is 0.303 e. The smallest absolute Gasteiger partial charge is 0.303 e. The predicted molar refractivity (Wildman–Crippen MR) is 98.2 cm³/mol. The van der Waals surface area contributed by atoms with Gasteiger partial charge in [0, 0.05) is 18.4 Å². The lowest BCUT2D eigenvalue weighted by Gasteiger charge is -2.21. The number of unbranched alkanes of at least 4 members (excludes halogenated alkanes) is 1. The summed E-state index contributed by atoms with van der Waals surface area (Å²) in [7, 11) is -3.67. The van der Waals surface area contributed by atoms with Gasteiger partial charge in [0.05, 0.1) is 4.90 Å². The average Bonchev–Trinajstić information content (AvgIpc) is 2.90. The predicted octanol–water partition coefficient (Wildman–Crippen LogP) is 3.59. The Morgan fingerprint density at radius 1 is 1.27 bits per heavy atom. The molecule has 144 valence electrons. The van der Waals surface area contributed by atoms with E-state index in [9.17, 15) is 17.6 Å². The van der Waals surface area contributed by atoms with Crippen molar-refractivity contribution in [2.24, 2.45) is 5.92 Å². The van der Waals surface area contributed by atoms with E-state index in [-0.39, 0.29) is 11.3 Å². The number of aryl methyl sites for hydroxylation is 1. The molecule has 1 fully saturated rings. The molecule has 0 saturated heterocycles. The number of halogens is 1. The fraction of sp³-hybridized carbons (Fsp3) is 0.526. The minimum absolute atomic E-state index is 0.110. The number of nitrogens with one attached hydrogen (secondary N) is 1. The molecule has 0 aromatic heterocycles. The Kier molecular flexibility index (Phi) is 7.34. The first-order chi connectivity index (χ1) is 12.3. The summed E-state index contributed by atoms with van der Waals surface area (Å²) in [5.74, 6) is -1.23. The molecule has 1 aliphatic carbocycles. The summed E-state index contributed by atoms with van der Waals surface area (Å²) in [6.07, 6.45) is 5.17. The molecule has 0 aliphatic heterocycles. The first-order valence-electron chi connectivity index (χ1n) is 8.89. The minimum atomic E-state index is -3.67. The van der Waals surface area contributed by atoms with E-state index in [1.54, 1.807) is 24.3 Å². The second kappa shape index (κ2) is 9.28. The molecule has 1 aromatic rings. The summed E-state index contributed by atoms with van der Waals surface area (Å²) in [4.78, 5) is 10.6. The van der Waals surface area contributed by atoms with Crippen molar-refractivity contribution in [1.82, 2.24) is 4.72 Å². The SMILES string of the molecule is Cc1ccc(S(=O)(=O)N[C@H]2CC[C@H](F)[C@@H]2C/C=C\CCCC(=O)O)cc1. The van der Waals surface area contributed by atoms with Gasteiger partial charge in [-0.1, -0.05) is 29.8 Å². The molecule has 0 heterocycles. The summed E-state index contributed by atoms with van der Waals surface area (Å²) in [5, 5.41) is 8.59. The lowest BCUT2D eigenvalue weighted by atomic mass is 9.98. The number of carboxylic acid groups (broad SMARTS) is 1. The highest BCUT2D eigenvalue weighted by Crippen LogP contribution is 2.33. The van der Waals surface area contributed by atoms with Gasteiger partial charge in [-0.05, 0) is 51.2 Å². The van der Waals surface area contributed by atoms with Crippen molar-refractivity contribution in [3.63, 3.8) is 0 Å². The fourth-order valence-corrected chi connectivity index (χ4v) is 4.53. The van der Waals surface area contributed by atoms with Gasteiger partial charge in [0.1, 0.15) is 6.17 Å². The monoisotopic (exact) mass is 383 g/mol. The molecule has 0 unspecified atom stereocenters. The molecule has 2 rings (SSSR count). The van der Waals surface area contributed by atoms with Gasteiger partial charge in [-0.2, -0.15) is 0 Å². The van der Waals surface area contributed by atoms with E-state index in [0.717, 1.165) is 5.56 Å². The van der Waals surface area contributed by atoms with Gasteiger partial charge in [0.15, 0.2) is 0 Å². The van der Waals surface area contributed by atoms with E-state index in [0.29, 0.717) is 32.1 Å². The third-order valence-corrected chi connectivity index (χ3v) is 6.21. The first kappa shape index (κ1) is 20.6.